The molecule has 0 saturated heterocycles. The molecule has 96 valence electrons. The highest BCUT2D eigenvalue weighted by Gasteiger charge is 2.28. The molecule has 0 amide bonds. The first kappa shape index (κ1) is 11.4. The number of H-pyrrole nitrogens is 1. The molecule has 0 spiro atoms. The molecule has 2 aromatic rings. The van der Waals surface area contributed by atoms with Gasteiger partial charge in [0.05, 0.1) is 6.54 Å². The van der Waals surface area contributed by atoms with Gasteiger partial charge in [-0.15, -0.1) is 0 Å². The summed E-state index contributed by atoms with van der Waals surface area (Å²) in [7, 11) is 0. The van der Waals surface area contributed by atoms with Crippen molar-refractivity contribution in [2.24, 2.45) is 0 Å². The highest BCUT2D eigenvalue weighted by atomic mass is 15.3. The zero-order valence-electron chi connectivity index (χ0n) is 11.0. The molecule has 0 aliphatic heterocycles. The summed E-state index contributed by atoms with van der Waals surface area (Å²) in [6, 6.07) is 0. The Labute approximate surface area is 106 Å². The van der Waals surface area contributed by atoms with Gasteiger partial charge in [-0.05, 0) is 26.7 Å². The quantitative estimate of drug-likeness (QED) is 0.891. The van der Waals surface area contributed by atoms with Crippen LogP contribution < -0.4 is 0 Å². The van der Waals surface area contributed by atoms with Crippen molar-refractivity contribution in [1.82, 2.24) is 29.9 Å². The first-order valence-electron chi connectivity index (χ1n) is 6.43. The molecule has 1 aliphatic carbocycles. The molecule has 18 heavy (non-hydrogen) atoms. The van der Waals surface area contributed by atoms with Crippen LogP contribution in [0.2, 0.25) is 0 Å². The van der Waals surface area contributed by atoms with Crippen LogP contribution in [0.1, 0.15) is 54.9 Å². The Kier molecular flexibility index (Phi) is 2.65. The fourth-order valence-corrected chi connectivity index (χ4v) is 2.12. The van der Waals surface area contributed by atoms with Crippen molar-refractivity contribution in [2.45, 2.75) is 52.0 Å². The summed E-state index contributed by atoms with van der Waals surface area (Å²) in [5.41, 5.74) is 0. The van der Waals surface area contributed by atoms with Crippen molar-refractivity contribution < 1.29 is 0 Å². The second-order valence-corrected chi connectivity index (χ2v) is 5.14. The number of hydrogen-bond donors (Lipinski definition) is 1. The van der Waals surface area contributed by atoms with Gasteiger partial charge in [-0.2, -0.15) is 10.2 Å². The molecule has 1 N–H and O–H groups in total. The van der Waals surface area contributed by atoms with E-state index in [-0.39, 0.29) is 5.92 Å². The number of hydrogen-bond acceptors (Lipinski definition) is 4. The minimum Gasteiger partial charge on any atom is -0.263 e. The molecule has 0 radical (unpaired) electrons. The smallest absolute Gasteiger partial charge is 0.155 e. The van der Waals surface area contributed by atoms with Gasteiger partial charge in [0.15, 0.2) is 5.82 Å². The number of aromatic amines is 1. The molecule has 0 aromatic carbocycles. The van der Waals surface area contributed by atoms with Crippen LogP contribution in [0.15, 0.2) is 0 Å². The monoisotopic (exact) mass is 246 g/mol. The van der Waals surface area contributed by atoms with Gasteiger partial charge in [-0.1, -0.05) is 6.92 Å². The zero-order valence-corrected chi connectivity index (χ0v) is 11.0. The van der Waals surface area contributed by atoms with Crippen molar-refractivity contribution in [3.8, 4) is 0 Å². The van der Waals surface area contributed by atoms with E-state index in [1.807, 2.05) is 18.5 Å². The number of aryl methyl sites for hydroxylation is 2. The predicted octanol–water partition coefficient (Wildman–Crippen LogP) is 1.69. The van der Waals surface area contributed by atoms with E-state index in [0.29, 0.717) is 5.92 Å². The van der Waals surface area contributed by atoms with E-state index in [1.54, 1.807) is 0 Å². The standard InChI is InChI=1S/C12H18N6/c1-7(6-18-9(3)13-8(2)17-18)11-14-12(16-15-11)10-4-5-10/h7,10H,4-6H2,1-3H3,(H,14,15,16)/t7-/m0/s1. The summed E-state index contributed by atoms with van der Waals surface area (Å²) in [5.74, 6) is 4.54. The third-order valence-corrected chi connectivity index (χ3v) is 3.33. The van der Waals surface area contributed by atoms with E-state index < -0.39 is 0 Å². The number of aromatic nitrogens is 6. The fraction of sp³-hybridized carbons (Fsp3) is 0.667. The number of nitrogens with zero attached hydrogens (tertiary/aromatic N) is 5. The lowest BCUT2D eigenvalue weighted by Gasteiger charge is -2.08. The lowest BCUT2D eigenvalue weighted by atomic mass is 10.2. The topological polar surface area (TPSA) is 72.3 Å². The highest BCUT2D eigenvalue weighted by molar-refractivity contribution is 5.07. The Bertz CT molecular complexity index is 551. The van der Waals surface area contributed by atoms with Crippen molar-refractivity contribution in [3.05, 3.63) is 23.3 Å². The summed E-state index contributed by atoms with van der Waals surface area (Å²) in [6.45, 7) is 6.78. The summed E-state index contributed by atoms with van der Waals surface area (Å²) in [6.07, 6.45) is 2.48. The van der Waals surface area contributed by atoms with Crippen molar-refractivity contribution >= 4 is 0 Å². The summed E-state index contributed by atoms with van der Waals surface area (Å²) >= 11 is 0. The molecule has 0 unspecified atom stereocenters. The van der Waals surface area contributed by atoms with E-state index in [0.717, 1.165) is 29.8 Å². The molecular formula is C12H18N6. The molecule has 0 bridgehead atoms. The Balaban J connectivity index is 1.73. The SMILES string of the molecule is Cc1nc(C)n(C[C@H](C)c2n[nH]c(C3CC3)n2)n1. The minimum atomic E-state index is 0.244. The van der Waals surface area contributed by atoms with Gasteiger partial charge in [0, 0.05) is 11.8 Å². The molecule has 1 aliphatic rings. The van der Waals surface area contributed by atoms with Crippen molar-refractivity contribution in [3.63, 3.8) is 0 Å². The van der Waals surface area contributed by atoms with Crippen LogP contribution in [-0.2, 0) is 6.54 Å². The first-order chi connectivity index (χ1) is 8.63. The van der Waals surface area contributed by atoms with Gasteiger partial charge in [-0.3, -0.25) is 5.10 Å². The molecule has 6 nitrogen and oxygen atoms in total. The van der Waals surface area contributed by atoms with Gasteiger partial charge in [0.1, 0.15) is 17.5 Å². The third-order valence-electron chi connectivity index (χ3n) is 3.33. The van der Waals surface area contributed by atoms with Crippen LogP contribution in [-0.4, -0.2) is 29.9 Å². The van der Waals surface area contributed by atoms with Gasteiger partial charge < -0.3 is 0 Å². The average Bonchev–Trinajstić information content (AvgIpc) is 2.96. The second kappa shape index (κ2) is 4.19. The van der Waals surface area contributed by atoms with Crippen LogP contribution in [0.25, 0.3) is 0 Å². The Morgan fingerprint density at radius 2 is 2.11 bits per heavy atom. The lowest BCUT2D eigenvalue weighted by Crippen LogP contribution is -2.10. The molecule has 1 atom stereocenters. The van der Waals surface area contributed by atoms with Crippen LogP contribution in [0.5, 0.6) is 0 Å². The molecule has 3 rings (SSSR count). The van der Waals surface area contributed by atoms with Gasteiger partial charge >= 0.3 is 0 Å². The van der Waals surface area contributed by atoms with Crippen LogP contribution in [0.3, 0.4) is 0 Å². The van der Waals surface area contributed by atoms with Crippen molar-refractivity contribution in [2.75, 3.05) is 0 Å². The Hall–Kier alpha value is -1.72. The highest BCUT2D eigenvalue weighted by Crippen LogP contribution is 2.38. The Morgan fingerprint density at radius 3 is 2.72 bits per heavy atom. The summed E-state index contributed by atoms with van der Waals surface area (Å²) < 4.78 is 1.92. The Morgan fingerprint density at radius 1 is 1.33 bits per heavy atom. The van der Waals surface area contributed by atoms with E-state index in [9.17, 15) is 0 Å². The van der Waals surface area contributed by atoms with Crippen LogP contribution in [0.4, 0.5) is 0 Å². The predicted molar refractivity (Wildman–Crippen MR) is 66.3 cm³/mol. The normalized spacial score (nSPS) is 17.1. The molecule has 6 heteroatoms. The van der Waals surface area contributed by atoms with Gasteiger partial charge in [0.25, 0.3) is 0 Å². The molecule has 1 fully saturated rings. The molecular weight excluding hydrogens is 228 g/mol. The molecule has 1 saturated carbocycles. The van der Waals surface area contributed by atoms with E-state index in [1.165, 1.54) is 12.8 Å². The minimum absolute atomic E-state index is 0.244. The molecule has 2 heterocycles. The maximum absolute atomic E-state index is 4.58. The van der Waals surface area contributed by atoms with Gasteiger partial charge in [0.2, 0.25) is 0 Å². The summed E-state index contributed by atoms with van der Waals surface area (Å²) in [4.78, 5) is 8.88. The zero-order chi connectivity index (χ0) is 12.7. The maximum Gasteiger partial charge on any atom is 0.155 e. The van der Waals surface area contributed by atoms with Gasteiger partial charge in [-0.25, -0.2) is 14.6 Å². The largest absolute Gasteiger partial charge is 0.263 e. The van der Waals surface area contributed by atoms with E-state index in [4.69, 9.17) is 0 Å². The van der Waals surface area contributed by atoms with Crippen molar-refractivity contribution in [1.29, 1.82) is 0 Å². The van der Waals surface area contributed by atoms with E-state index in [2.05, 4.69) is 32.2 Å². The first-order valence-corrected chi connectivity index (χ1v) is 6.43. The number of nitrogens with one attached hydrogen (secondary N) is 1. The summed E-state index contributed by atoms with van der Waals surface area (Å²) in [5, 5.41) is 11.7. The second-order valence-electron chi connectivity index (χ2n) is 5.14. The van der Waals surface area contributed by atoms with E-state index >= 15 is 0 Å². The average molecular weight is 246 g/mol. The van der Waals surface area contributed by atoms with Crippen LogP contribution >= 0.6 is 0 Å². The lowest BCUT2D eigenvalue weighted by molar-refractivity contribution is 0.511. The third kappa shape index (κ3) is 2.14. The number of rotatable bonds is 4. The maximum atomic E-state index is 4.58. The molecule has 2 aromatic heterocycles. The fourth-order valence-electron chi connectivity index (χ4n) is 2.12. The van der Waals surface area contributed by atoms with Crippen LogP contribution in [0, 0.1) is 13.8 Å².